The standard InChI is InChI=1S/C26H19BrN2O4/c1-31-21-12-11-16(26-29-19-9-5-6-10-22(19)33-26)14-20(21)28-25(30)18-13-15-7-3-4-8-17(15)23(27)24(18)32-2/h3-14H,1-2H3,(H,28,30). The number of halogens is 1. The second-order valence-corrected chi connectivity index (χ2v) is 8.14. The third-order valence-corrected chi connectivity index (χ3v) is 6.17. The smallest absolute Gasteiger partial charge is 0.259 e. The summed E-state index contributed by atoms with van der Waals surface area (Å²) in [6.07, 6.45) is 0. The van der Waals surface area contributed by atoms with Gasteiger partial charge in [0.15, 0.2) is 5.58 Å². The number of benzene rings is 4. The molecule has 33 heavy (non-hydrogen) atoms. The molecule has 0 bridgehead atoms. The van der Waals surface area contributed by atoms with Crippen LogP contribution in [0.25, 0.3) is 33.3 Å². The minimum Gasteiger partial charge on any atom is -0.495 e. The molecule has 0 aliphatic heterocycles. The lowest BCUT2D eigenvalue weighted by molar-refractivity contribution is 0.102. The number of aromatic nitrogens is 1. The van der Waals surface area contributed by atoms with E-state index in [9.17, 15) is 4.79 Å². The third-order valence-electron chi connectivity index (χ3n) is 5.38. The maximum Gasteiger partial charge on any atom is 0.259 e. The summed E-state index contributed by atoms with van der Waals surface area (Å²) in [5, 5.41) is 4.83. The highest BCUT2D eigenvalue weighted by Crippen LogP contribution is 2.38. The lowest BCUT2D eigenvalue weighted by atomic mass is 10.0. The Morgan fingerprint density at radius 1 is 0.970 bits per heavy atom. The molecule has 0 aliphatic rings. The van der Waals surface area contributed by atoms with Crippen molar-refractivity contribution in [1.29, 1.82) is 0 Å². The van der Waals surface area contributed by atoms with Gasteiger partial charge >= 0.3 is 0 Å². The first-order valence-corrected chi connectivity index (χ1v) is 11.0. The predicted molar refractivity (Wildman–Crippen MR) is 132 cm³/mol. The Morgan fingerprint density at radius 2 is 1.76 bits per heavy atom. The highest BCUT2D eigenvalue weighted by molar-refractivity contribution is 9.10. The number of fused-ring (bicyclic) bond motifs is 2. The van der Waals surface area contributed by atoms with Gasteiger partial charge in [0, 0.05) is 5.56 Å². The Morgan fingerprint density at radius 3 is 2.55 bits per heavy atom. The SMILES string of the molecule is COc1ccc(-c2nc3ccccc3o2)cc1NC(=O)c1cc2ccccc2c(Br)c1OC. The molecule has 4 aromatic carbocycles. The van der Waals surface area contributed by atoms with Gasteiger partial charge in [0.2, 0.25) is 5.89 Å². The number of nitrogens with zero attached hydrogens (tertiary/aromatic N) is 1. The molecule has 7 heteroatoms. The van der Waals surface area contributed by atoms with Gasteiger partial charge in [-0.25, -0.2) is 4.98 Å². The summed E-state index contributed by atoms with van der Waals surface area (Å²) in [5.74, 6) is 1.11. The number of carbonyl (C=O) groups is 1. The number of para-hydroxylation sites is 2. The number of carbonyl (C=O) groups excluding carboxylic acids is 1. The number of methoxy groups -OCH3 is 2. The molecule has 1 amide bonds. The number of hydrogen-bond acceptors (Lipinski definition) is 5. The lowest BCUT2D eigenvalue weighted by Crippen LogP contribution is -2.14. The molecule has 0 atom stereocenters. The summed E-state index contributed by atoms with van der Waals surface area (Å²) < 4.78 is 17.6. The average molecular weight is 503 g/mol. The van der Waals surface area contributed by atoms with Crippen LogP contribution in [0.1, 0.15) is 10.4 Å². The van der Waals surface area contributed by atoms with E-state index in [1.807, 2.05) is 60.7 Å². The Kier molecular flexibility index (Phi) is 5.48. The number of nitrogens with one attached hydrogen (secondary N) is 1. The highest BCUT2D eigenvalue weighted by Gasteiger charge is 2.20. The molecule has 1 heterocycles. The van der Waals surface area contributed by atoms with E-state index in [0.29, 0.717) is 39.8 Å². The molecule has 0 spiro atoms. The minimum atomic E-state index is -0.327. The molecule has 5 aromatic rings. The van der Waals surface area contributed by atoms with Crippen molar-refractivity contribution in [2.24, 2.45) is 0 Å². The Bertz CT molecular complexity index is 1480. The van der Waals surface area contributed by atoms with Crippen molar-refractivity contribution in [2.75, 3.05) is 19.5 Å². The van der Waals surface area contributed by atoms with Gasteiger partial charge in [0.1, 0.15) is 17.0 Å². The van der Waals surface area contributed by atoms with E-state index in [1.54, 1.807) is 26.4 Å². The molecule has 5 rings (SSSR count). The number of anilines is 1. The zero-order chi connectivity index (χ0) is 22.9. The van der Waals surface area contributed by atoms with Crippen LogP contribution in [0.2, 0.25) is 0 Å². The van der Waals surface area contributed by atoms with Gasteiger partial charge in [-0.2, -0.15) is 0 Å². The molecule has 0 unspecified atom stereocenters. The van der Waals surface area contributed by atoms with E-state index in [-0.39, 0.29) is 5.91 Å². The summed E-state index contributed by atoms with van der Waals surface area (Å²) in [6.45, 7) is 0. The van der Waals surface area contributed by atoms with Crippen LogP contribution in [0.3, 0.4) is 0 Å². The van der Waals surface area contributed by atoms with Crippen LogP contribution in [0.4, 0.5) is 5.69 Å². The first-order valence-electron chi connectivity index (χ1n) is 10.2. The molecular formula is C26H19BrN2O4. The highest BCUT2D eigenvalue weighted by atomic mass is 79.9. The molecule has 164 valence electrons. The third kappa shape index (κ3) is 3.81. The second-order valence-electron chi connectivity index (χ2n) is 7.35. The zero-order valence-electron chi connectivity index (χ0n) is 17.9. The number of oxazole rings is 1. The molecule has 1 aromatic heterocycles. The molecular weight excluding hydrogens is 484 g/mol. The number of ether oxygens (including phenoxy) is 2. The first-order chi connectivity index (χ1) is 16.1. The van der Waals surface area contributed by atoms with E-state index < -0.39 is 0 Å². The fraction of sp³-hybridized carbons (Fsp3) is 0.0769. The van der Waals surface area contributed by atoms with Crippen molar-refractivity contribution in [3.05, 3.63) is 82.8 Å². The minimum absolute atomic E-state index is 0.327. The second kappa shape index (κ2) is 8.60. The van der Waals surface area contributed by atoms with Crippen molar-refractivity contribution in [1.82, 2.24) is 4.98 Å². The number of rotatable bonds is 5. The summed E-state index contributed by atoms with van der Waals surface area (Å²) in [6, 6.07) is 22.5. The van der Waals surface area contributed by atoms with Gasteiger partial charge in [-0.1, -0.05) is 36.4 Å². The monoisotopic (exact) mass is 502 g/mol. The molecule has 0 fully saturated rings. The summed E-state index contributed by atoms with van der Waals surface area (Å²) in [7, 11) is 3.09. The molecule has 0 saturated heterocycles. The average Bonchev–Trinajstić information content (AvgIpc) is 3.28. The number of amides is 1. The topological polar surface area (TPSA) is 73.6 Å². The van der Waals surface area contributed by atoms with Crippen LogP contribution in [0.5, 0.6) is 11.5 Å². The van der Waals surface area contributed by atoms with Gasteiger partial charge in [-0.05, 0) is 63.1 Å². The molecule has 0 radical (unpaired) electrons. The Balaban J connectivity index is 1.55. The van der Waals surface area contributed by atoms with E-state index in [4.69, 9.17) is 13.9 Å². The van der Waals surface area contributed by atoms with Crippen LogP contribution in [0, 0.1) is 0 Å². The van der Waals surface area contributed by atoms with Crippen molar-refractivity contribution < 1.29 is 18.7 Å². The van der Waals surface area contributed by atoms with Crippen LogP contribution in [-0.4, -0.2) is 25.1 Å². The van der Waals surface area contributed by atoms with Gasteiger partial charge in [-0.15, -0.1) is 0 Å². The molecule has 1 N–H and O–H groups in total. The van der Waals surface area contributed by atoms with E-state index in [1.165, 1.54) is 0 Å². The van der Waals surface area contributed by atoms with Crippen molar-refractivity contribution in [2.45, 2.75) is 0 Å². The summed E-state index contributed by atoms with van der Waals surface area (Å²) in [5.41, 5.74) is 3.07. The van der Waals surface area contributed by atoms with Gasteiger partial charge in [0.25, 0.3) is 5.91 Å². The maximum absolute atomic E-state index is 13.3. The molecule has 6 nitrogen and oxygen atoms in total. The fourth-order valence-corrected chi connectivity index (χ4v) is 4.51. The summed E-state index contributed by atoms with van der Waals surface area (Å²) >= 11 is 3.58. The van der Waals surface area contributed by atoms with Crippen LogP contribution in [-0.2, 0) is 0 Å². The van der Waals surface area contributed by atoms with Crippen LogP contribution < -0.4 is 14.8 Å². The lowest BCUT2D eigenvalue weighted by Gasteiger charge is -2.15. The van der Waals surface area contributed by atoms with Gasteiger partial charge in [0.05, 0.1) is 29.9 Å². The quantitative estimate of drug-likeness (QED) is 0.290. The van der Waals surface area contributed by atoms with Crippen molar-refractivity contribution >= 4 is 49.4 Å². The van der Waals surface area contributed by atoms with Gasteiger partial charge < -0.3 is 19.2 Å². The first kappa shape index (κ1) is 21.0. The van der Waals surface area contributed by atoms with Crippen molar-refractivity contribution in [3.8, 4) is 23.0 Å². The largest absolute Gasteiger partial charge is 0.495 e. The predicted octanol–water partition coefficient (Wildman–Crippen LogP) is 6.68. The Labute approximate surface area is 198 Å². The molecule has 0 saturated carbocycles. The summed E-state index contributed by atoms with van der Waals surface area (Å²) in [4.78, 5) is 17.9. The van der Waals surface area contributed by atoms with Crippen molar-refractivity contribution in [3.63, 3.8) is 0 Å². The Hall–Kier alpha value is -3.84. The molecule has 0 aliphatic carbocycles. The van der Waals surface area contributed by atoms with Crippen LogP contribution >= 0.6 is 15.9 Å². The van der Waals surface area contributed by atoms with E-state index in [0.717, 1.165) is 20.8 Å². The van der Waals surface area contributed by atoms with E-state index in [2.05, 4.69) is 26.2 Å². The van der Waals surface area contributed by atoms with Gasteiger partial charge in [-0.3, -0.25) is 4.79 Å². The maximum atomic E-state index is 13.3. The fourth-order valence-electron chi connectivity index (χ4n) is 3.78. The zero-order valence-corrected chi connectivity index (χ0v) is 19.5. The van der Waals surface area contributed by atoms with E-state index >= 15 is 0 Å². The normalized spacial score (nSPS) is 11.0. The van der Waals surface area contributed by atoms with Crippen LogP contribution in [0.15, 0.2) is 81.7 Å². The number of hydrogen-bond donors (Lipinski definition) is 1.